The normalized spacial score (nSPS) is 22.0. The van der Waals surface area contributed by atoms with Crippen molar-refractivity contribution >= 4 is 27.3 Å². The zero-order valence-electron chi connectivity index (χ0n) is 9.89. The summed E-state index contributed by atoms with van der Waals surface area (Å²) in [6, 6.07) is -0.342. The number of aromatic nitrogens is 2. The Morgan fingerprint density at radius 1 is 1.67 bits per heavy atom. The van der Waals surface area contributed by atoms with Gasteiger partial charge in [0.2, 0.25) is 0 Å². The Morgan fingerprint density at radius 2 is 2.39 bits per heavy atom. The first kappa shape index (κ1) is 13.4. The molecule has 1 saturated heterocycles. The summed E-state index contributed by atoms with van der Waals surface area (Å²) < 4.78 is 24.1. The summed E-state index contributed by atoms with van der Waals surface area (Å²) in [5, 5.41) is 6.95. The molecular weight excluding hydrogens is 278 g/mol. The van der Waals surface area contributed by atoms with Gasteiger partial charge < -0.3 is 5.32 Å². The van der Waals surface area contributed by atoms with Gasteiger partial charge >= 0.3 is 0 Å². The van der Waals surface area contributed by atoms with E-state index in [4.69, 9.17) is 11.6 Å². The van der Waals surface area contributed by atoms with Gasteiger partial charge in [0.15, 0.2) is 15.5 Å². The molecule has 1 aromatic heterocycles. The molecule has 2 rings (SSSR count). The molecule has 1 fully saturated rings. The molecule has 0 spiro atoms. The fraction of sp³-hybridized carbons (Fsp3) is 0.600. The van der Waals surface area contributed by atoms with E-state index >= 15 is 0 Å². The van der Waals surface area contributed by atoms with Gasteiger partial charge in [0.1, 0.15) is 0 Å². The van der Waals surface area contributed by atoms with E-state index in [9.17, 15) is 13.2 Å². The van der Waals surface area contributed by atoms with Crippen LogP contribution in [0.15, 0.2) is 6.20 Å². The summed E-state index contributed by atoms with van der Waals surface area (Å²) in [6.45, 7) is 2.50. The molecule has 8 heteroatoms. The van der Waals surface area contributed by atoms with Crippen LogP contribution in [0.1, 0.15) is 23.8 Å². The highest BCUT2D eigenvalue weighted by atomic mass is 35.5. The average molecular weight is 292 g/mol. The van der Waals surface area contributed by atoms with Gasteiger partial charge in [-0.05, 0) is 13.3 Å². The minimum Gasteiger partial charge on any atom is -0.347 e. The van der Waals surface area contributed by atoms with Gasteiger partial charge in [0.05, 0.1) is 16.5 Å². The first-order chi connectivity index (χ1) is 8.41. The van der Waals surface area contributed by atoms with Crippen LogP contribution < -0.4 is 5.32 Å². The first-order valence-corrected chi connectivity index (χ1v) is 7.85. The average Bonchev–Trinajstić information content (AvgIpc) is 2.81. The minimum absolute atomic E-state index is 0.00908. The maximum absolute atomic E-state index is 11.9. The van der Waals surface area contributed by atoms with E-state index in [-0.39, 0.29) is 28.3 Å². The molecule has 6 nitrogen and oxygen atoms in total. The number of aryl methyl sites for hydroxylation is 1. The van der Waals surface area contributed by atoms with Crippen LogP contribution >= 0.6 is 11.6 Å². The lowest BCUT2D eigenvalue weighted by Crippen LogP contribution is -2.36. The molecule has 1 unspecified atom stereocenters. The maximum atomic E-state index is 11.9. The maximum Gasteiger partial charge on any atom is 0.273 e. The summed E-state index contributed by atoms with van der Waals surface area (Å²) in [5.74, 6) is -0.311. The SMILES string of the molecule is CCn1cc(Cl)c(C(=O)NC2CCS(=O)(=O)C2)n1. The zero-order chi connectivity index (χ0) is 13.3. The summed E-state index contributed by atoms with van der Waals surface area (Å²) in [7, 11) is -3.01. The Morgan fingerprint density at radius 3 is 2.89 bits per heavy atom. The monoisotopic (exact) mass is 291 g/mol. The number of amides is 1. The molecule has 1 atom stereocenters. The Labute approximate surface area is 110 Å². The van der Waals surface area contributed by atoms with Gasteiger partial charge in [0.25, 0.3) is 5.91 Å². The van der Waals surface area contributed by atoms with Crippen LogP contribution in [0.4, 0.5) is 0 Å². The highest BCUT2D eigenvalue weighted by Gasteiger charge is 2.30. The van der Waals surface area contributed by atoms with Crippen LogP contribution in [0.2, 0.25) is 5.02 Å². The van der Waals surface area contributed by atoms with Gasteiger partial charge in [-0.3, -0.25) is 9.48 Å². The Hall–Kier alpha value is -1.08. The van der Waals surface area contributed by atoms with Crippen molar-refractivity contribution in [3.63, 3.8) is 0 Å². The topological polar surface area (TPSA) is 81.1 Å². The number of hydrogen-bond acceptors (Lipinski definition) is 4. The third-order valence-corrected chi connectivity index (χ3v) is 4.87. The fourth-order valence-electron chi connectivity index (χ4n) is 1.88. The molecule has 18 heavy (non-hydrogen) atoms. The molecule has 100 valence electrons. The number of halogens is 1. The molecule has 1 aliphatic heterocycles. The summed E-state index contributed by atoms with van der Waals surface area (Å²) >= 11 is 5.90. The van der Waals surface area contributed by atoms with E-state index < -0.39 is 15.7 Å². The van der Waals surface area contributed by atoms with Crippen molar-refractivity contribution in [2.24, 2.45) is 0 Å². The number of sulfone groups is 1. The largest absolute Gasteiger partial charge is 0.347 e. The molecule has 1 amide bonds. The van der Waals surface area contributed by atoms with Crippen LogP contribution in [0.25, 0.3) is 0 Å². The van der Waals surface area contributed by atoms with Crippen molar-refractivity contribution < 1.29 is 13.2 Å². The van der Waals surface area contributed by atoms with E-state index in [1.54, 1.807) is 10.9 Å². The van der Waals surface area contributed by atoms with Gasteiger partial charge in [0, 0.05) is 18.8 Å². The molecule has 0 bridgehead atoms. The van der Waals surface area contributed by atoms with Crippen LogP contribution in [-0.4, -0.2) is 41.7 Å². The number of carbonyl (C=O) groups is 1. The van der Waals surface area contributed by atoms with Gasteiger partial charge in [-0.1, -0.05) is 11.6 Å². The highest BCUT2D eigenvalue weighted by Crippen LogP contribution is 2.16. The standard InChI is InChI=1S/C10H14ClN3O3S/c1-2-14-5-8(11)9(13-14)10(15)12-7-3-4-18(16,17)6-7/h5,7H,2-4,6H2,1H3,(H,12,15). The van der Waals surface area contributed by atoms with Crippen molar-refractivity contribution in [1.29, 1.82) is 0 Å². The van der Waals surface area contributed by atoms with E-state index in [0.717, 1.165) is 0 Å². The van der Waals surface area contributed by atoms with Crippen LogP contribution in [0.3, 0.4) is 0 Å². The van der Waals surface area contributed by atoms with Crippen molar-refractivity contribution in [2.75, 3.05) is 11.5 Å². The lowest BCUT2D eigenvalue weighted by molar-refractivity contribution is 0.0935. The van der Waals surface area contributed by atoms with Crippen molar-refractivity contribution in [2.45, 2.75) is 25.9 Å². The molecule has 0 aromatic carbocycles. The summed E-state index contributed by atoms with van der Waals surface area (Å²) in [4.78, 5) is 11.9. The van der Waals surface area contributed by atoms with Crippen LogP contribution in [0, 0.1) is 0 Å². The molecule has 2 heterocycles. The lowest BCUT2D eigenvalue weighted by Gasteiger charge is -2.09. The van der Waals surface area contributed by atoms with E-state index in [1.807, 2.05) is 6.92 Å². The molecule has 0 radical (unpaired) electrons. The van der Waals surface area contributed by atoms with Crippen molar-refractivity contribution in [3.8, 4) is 0 Å². The van der Waals surface area contributed by atoms with Crippen LogP contribution in [0.5, 0.6) is 0 Å². The Kier molecular flexibility index (Phi) is 3.63. The molecule has 1 N–H and O–H groups in total. The molecule has 1 aromatic rings. The third kappa shape index (κ3) is 2.84. The molecule has 0 aliphatic carbocycles. The van der Waals surface area contributed by atoms with Gasteiger partial charge in [-0.25, -0.2) is 8.42 Å². The Bertz CT molecular complexity index is 567. The zero-order valence-corrected chi connectivity index (χ0v) is 11.5. The van der Waals surface area contributed by atoms with Gasteiger partial charge in [-0.15, -0.1) is 0 Å². The second-order valence-electron chi connectivity index (χ2n) is 4.25. The fourth-order valence-corrected chi connectivity index (χ4v) is 3.79. The first-order valence-electron chi connectivity index (χ1n) is 5.65. The smallest absolute Gasteiger partial charge is 0.273 e. The van der Waals surface area contributed by atoms with Crippen molar-refractivity contribution in [3.05, 3.63) is 16.9 Å². The summed E-state index contributed by atoms with van der Waals surface area (Å²) in [6.07, 6.45) is 2.02. The number of hydrogen-bond donors (Lipinski definition) is 1. The van der Waals surface area contributed by atoms with Crippen LogP contribution in [-0.2, 0) is 16.4 Å². The molecular formula is C10H14ClN3O3S. The number of nitrogens with one attached hydrogen (secondary N) is 1. The molecule has 0 saturated carbocycles. The second kappa shape index (κ2) is 4.89. The second-order valence-corrected chi connectivity index (χ2v) is 6.89. The van der Waals surface area contributed by atoms with E-state index in [0.29, 0.717) is 13.0 Å². The number of carbonyl (C=O) groups excluding carboxylic acids is 1. The predicted molar refractivity (Wildman–Crippen MR) is 67.4 cm³/mol. The minimum atomic E-state index is -3.01. The lowest BCUT2D eigenvalue weighted by atomic mass is 10.2. The summed E-state index contributed by atoms with van der Waals surface area (Å²) in [5.41, 5.74) is 0.141. The van der Waals surface area contributed by atoms with E-state index in [2.05, 4.69) is 10.4 Å². The quantitative estimate of drug-likeness (QED) is 0.878. The Balaban J connectivity index is 2.06. The predicted octanol–water partition coefficient (Wildman–Crippen LogP) is 0.473. The third-order valence-electron chi connectivity index (χ3n) is 2.82. The van der Waals surface area contributed by atoms with Gasteiger partial charge in [-0.2, -0.15) is 5.10 Å². The highest BCUT2D eigenvalue weighted by molar-refractivity contribution is 7.91. The number of rotatable bonds is 3. The molecule has 1 aliphatic rings. The van der Waals surface area contributed by atoms with Crippen molar-refractivity contribution in [1.82, 2.24) is 15.1 Å². The number of nitrogens with zero attached hydrogens (tertiary/aromatic N) is 2. The van der Waals surface area contributed by atoms with E-state index in [1.165, 1.54) is 0 Å².